The Kier molecular flexibility index (Phi) is 1.63. The third-order valence-electron chi connectivity index (χ3n) is 1.71. The summed E-state index contributed by atoms with van der Waals surface area (Å²) in [5, 5.41) is 0. The summed E-state index contributed by atoms with van der Waals surface area (Å²) in [6.45, 7) is 0. The molecule has 2 heterocycles. The second-order valence-electron chi connectivity index (χ2n) is 2.65. The molecule has 0 aliphatic rings. The molecule has 2 rings (SSSR count). The van der Waals surface area contributed by atoms with Gasteiger partial charge in [0.2, 0.25) is 5.95 Å². The van der Waals surface area contributed by atoms with Gasteiger partial charge >= 0.3 is 6.18 Å². The highest BCUT2D eigenvalue weighted by Gasteiger charge is 2.33. The Morgan fingerprint density at radius 1 is 1.36 bits per heavy atom. The van der Waals surface area contributed by atoms with E-state index in [-0.39, 0.29) is 11.6 Å². The van der Waals surface area contributed by atoms with Gasteiger partial charge < -0.3 is 5.73 Å². The van der Waals surface area contributed by atoms with Crippen LogP contribution in [-0.2, 0) is 6.18 Å². The number of alkyl halides is 3. The first kappa shape index (κ1) is 8.79. The van der Waals surface area contributed by atoms with Crippen LogP contribution in [0.4, 0.5) is 19.1 Å². The van der Waals surface area contributed by atoms with Crippen LogP contribution in [0.2, 0.25) is 0 Å². The van der Waals surface area contributed by atoms with Crippen molar-refractivity contribution < 1.29 is 13.2 Å². The molecule has 2 N–H and O–H groups in total. The van der Waals surface area contributed by atoms with Crippen molar-refractivity contribution in [1.82, 2.24) is 14.4 Å². The van der Waals surface area contributed by atoms with Crippen LogP contribution in [0.5, 0.6) is 0 Å². The highest BCUT2D eigenvalue weighted by Crippen LogP contribution is 2.28. The maximum atomic E-state index is 12.2. The van der Waals surface area contributed by atoms with Gasteiger partial charge in [-0.25, -0.2) is 9.97 Å². The Labute approximate surface area is 76.2 Å². The summed E-state index contributed by atoms with van der Waals surface area (Å²) in [6, 6.07) is 0.844. The van der Waals surface area contributed by atoms with E-state index in [4.69, 9.17) is 5.73 Å². The zero-order chi connectivity index (χ0) is 10.3. The number of hydrogen-bond donors (Lipinski definition) is 1. The largest absolute Gasteiger partial charge is 0.433 e. The van der Waals surface area contributed by atoms with Crippen LogP contribution >= 0.6 is 0 Å². The molecule has 2 aromatic rings. The van der Waals surface area contributed by atoms with Gasteiger partial charge in [0.15, 0.2) is 5.69 Å². The lowest BCUT2D eigenvalue weighted by Crippen LogP contribution is -2.11. The number of halogens is 3. The van der Waals surface area contributed by atoms with Crippen LogP contribution < -0.4 is 5.73 Å². The fraction of sp³-hybridized carbons (Fsp3) is 0.143. The maximum Gasteiger partial charge on any atom is 0.433 e. The average molecular weight is 202 g/mol. The molecular weight excluding hydrogens is 197 g/mol. The van der Waals surface area contributed by atoms with E-state index in [9.17, 15) is 13.2 Å². The summed E-state index contributed by atoms with van der Waals surface area (Å²) < 4.78 is 38.0. The van der Waals surface area contributed by atoms with Crippen LogP contribution in [-0.4, -0.2) is 14.4 Å². The molecule has 0 spiro atoms. The van der Waals surface area contributed by atoms with Crippen molar-refractivity contribution in [3.8, 4) is 0 Å². The summed E-state index contributed by atoms with van der Waals surface area (Å²) in [5.74, 6) is -0.229. The maximum absolute atomic E-state index is 12.2. The normalized spacial score (nSPS) is 12.2. The predicted molar refractivity (Wildman–Crippen MR) is 42.4 cm³/mol. The standard InChI is InChI=1S/C7H5F3N4/c8-7(9,10)4-3-5-12-1-2-14(5)6(11)13-4/h1-3H,(H2,11,13). The number of rotatable bonds is 0. The van der Waals surface area contributed by atoms with Crippen molar-refractivity contribution in [2.24, 2.45) is 0 Å². The number of nitrogens with two attached hydrogens (primary N) is 1. The fourth-order valence-corrected chi connectivity index (χ4v) is 1.09. The topological polar surface area (TPSA) is 56.2 Å². The van der Waals surface area contributed by atoms with Crippen molar-refractivity contribution in [1.29, 1.82) is 0 Å². The molecule has 0 aliphatic heterocycles. The molecule has 0 aromatic carbocycles. The minimum absolute atomic E-state index is 0.129. The van der Waals surface area contributed by atoms with E-state index < -0.39 is 11.9 Å². The molecule has 0 saturated carbocycles. The second-order valence-corrected chi connectivity index (χ2v) is 2.65. The van der Waals surface area contributed by atoms with Crippen LogP contribution in [0.3, 0.4) is 0 Å². The van der Waals surface area contributed by atoms with Crippen LogP contribution in [0.1, 0.15) is 5.69 Å². The molecule has 14 heavy (non-hydrogen) atoms. The summed E-state index contributed by atoms with van der Waals surface area (Å²) in [7, 11) is 0. The van der Waals surface area contributed by atoms with Gasteiger partial charge in [0, 0.05) is 18.5 Å². The predicted octanol–water partition coefficient (Wildman–Crippen LogP) is 1.33. The first-order valence-corrected chi connectivity index (χ1v) is 3.65. The second kappa shape index (κ2) is 2.60. The van der Waals surface area contributed by atoms with Gasteiger partial charge in [-0.3, -0.25) is 4.40 Å². The molecule has 0 saturated heterocycles. The molecule has 0 fully saturated rings. The molecule has 0 aliphatic carbocycles. The molecule has 74 valence electrons. The highest BCUT2D eigenvalue weighted by molar-refractivity contribution is 5.45. The number of nitrogen functional groups attached to an aromatic ring is 1. The minimum Gasteiger partial charge on any atom is -0.369 e. The molecule has 0 radical (unpaired) electrons. The number of imidazole rings is 1. The Morgan fingerprint density at radius 3 is 2.71 bits per heavy atom. The van der Waals surface area contributed by atoms with E-state index in [0.717, 1.165) is 6.07 Å². The third-order valence-corrected chi connectivity index (χ3v) is 1.71. The number of nitrogens with zero attached hydrogens (tertiary/aromatic N) is 3. The molecule has 7 heteroatoms. The number of fused-ring (bicyclic) bond motifs is 1. The molecule has 2 aromatic heterocycles. The monoisotopic (exact) mass is 202 g/mol. The number of aromatic nitrogens is 3. The SMILES string of the molecule is Nc1nc(C(F)(F)F)cc2nccn12. The zero-order valence-corrected chi connectivity index (χ0v) is 6.78. The van der Waals surface area contributed by atoms with Gasteiger partial charge in [-0.1, -0.05) is 0 Å². The van der Waals surface area contributed by atoms with Gasteiger partial charge in [-0.15, -0.1) is 0 Å². The minimum atomic E-state index is -4.50. The first-order chi connectivity index (χ1) is 6.48. The van der Waals surface area contributed by atoms with Crippen molar-refractivity contribution in [3.05, 3.63) is 24.2 Å². The molecule has 0 amide bonds. The highest BCUT2D eigenvalue weighted by atomic mass is 19.4. The Bertz CT molecular complexity index is 473. The van der Waals surface area contributed by atoms with Gasteiger partial charge in [-0.2, -0.15) is 13.2 Å². The summed E-state index contributed by atoms with van der Waals surface area (Å²) in [6.07, 6.45) is -1.70. The zero-order valence-electron chi connectivity index (χ0n) is 6.78. The lowest BCUT2D eigenvalue weighted by atomic mass is 10.4. The lowest BCUT2D eigenvalue weighted by molar-refractivity contribution is -0.141. The van der Waals surface area contributed by atoms with Gasteiger partial charge in [0.1, 0.15) is 5.65 Å². The van der Waals surface area contributed by atoms with E-state index in [0.29, 0.717) is 0 Å². The smallest absolute Gasteiger partial charge is 0.369 e. The van der Waals surface area contributed by atoms with Crippen LogP contribution in [0, 0.1) is 0 Å². The summed E-state index contributed by atoms with van der Waals surface area (Å²) in [4.78, 5) is 6.92. The lowest BCUT2D eigenvalue weighted by Gasteiger charge is -2.06. The summed E-state index contributed by atoms with van der Waals surface area (Å²) >= 11 is 0. The van der Waals surface area contributed by atoms with Gasteiger partial charge in [0.05, 0.1) is 0 Å². The third kappa shape index (κ3) is 1.26. The van der Waals surface area contributed by atoms with Gasteiger partial charge in [0.25, 0.3) is 0 Å². The van der Waals surface area contributed by atoms with E-state index in [1.165, 1.54) is 16.8 Å². The molecule has 0 atom stereocenters. The molecule has 0 unspecified atom stereocenters. The average Bonchev–Trinajstić information content (AvgIpc) is 2.50. The number of hydrogen-bond acceptors (Lipinski definition) is 3. The first-order valence-electron chi connectivity index (χ1n) is 3.65. The molecular formula is C7H5F3N4. The van der Waals surface area contributed by atoms with Crippen molar-refractivity contribution in [2.75, 3.05) is 5.73 Å². The summed E-state index contributed by atoms with van der Waals surface area (Å²) in [5.41, 5.74) is 4.41. The molecule has 0 bridgehead atoms. The van der Waals surface area contributed by atoms with Crippen LogP contribution in [0.15, 0.2) is 18.5 Å². The fourth-order valence-electron chi connectivity index (χ4n) is 1.09. The van der Waals surface area contributed by atoms with Crippen molar-refractivity contribution in [2.45, 2.75) is 6.18 Å². The Morgan fingerprint density at radius 2 is 2.07 bits per heavy atom. The van der Waals surface area contributed by atoms with Gasteiger partial charge in [-0.05, 0) is 0 Å². The van der Waals surface area contributed by atoms with Crippen molar-refractivity contribution in [3.63, 3.8) is 0 Å². The molecule has 4 nitrogen and oxygen atoms in total. The van der Waals surface area contributed by atoms with E-state index >= 15 is 0 Å². The van der Waals surface area contributed by atoms with E-state index in [1.54, 1.807) is 0 Å². The number of anilines is 1. The quantitative estimate of drug-likeness (QED) is 0.701. The Balaban J connectivity index is 2.70. The van der Waals surface area contributed by atoms with Crippen LogP contribution in [0.25, 0.3) is 5.65 Å². The van der Waals surface area contributed by atoms with E-state index in [2.05, 4.69) is 9.97 Å². The Hall–Kier alpha value is -1.79. The van der Waals surface area contributed by atoms with Crippen molar-refractivity contribution >= 4 is 11.6 Å². The van der Waals surface area contributed by atoms with E-state index in [1.807, 2.05) is 0 Å².